The second-order valence-corrected chi connectivity index (χ2v) is 4.88. The summed E-state index contributed by atoms with van der Waals surface area (Å²) in [6, 6.07) is 3.78. The average Bonchev–Trinajstić information content (AvgIpc) is 2.66. The van der Waals surface area contributed by atoms with Crippen molar-refractivity contribution in [1.82, 2.24) is 9.80 Å². The lowest BCUT2D eigenvalue weighted by atomic mass is 10.1. The smallest absolute Gasteiger partial charge is 0.256 e. The van der Waals surface area contributed by atoms with Crippen LogP contribution < -0.4 is 5.73 Å². The van der Waals surface area contributed by atoms with Gasteiger partial charge in [0.15, 0.2) is 0 Å². The third-order valence-electron chi connectivity index (χ3n) is 3.47. The predicted molar refractivity (Wildman–Crippen MR) is 73.6 cm³/mol. The Labute approximate surface area is 117 Å². The fourth-order valence-electron chi connectivity index (χ4n) is 2.32. The van der Waals surface area contributed by atoms with E-state index < -0.39 is 5.82 Å². The van der Waals surface area contributed by atoms with Crippen molar-refractivity contribution in [2.45, 2.75) is 13.3 Å². The number of hydrogen-bond donors (Lipinski definition) is 1. The molecule has 2 N–H and O–H groups in total. The summed E-state index contributed by atoms with van der Waals surface area (Å²) in [5.41, 5.74) is 6.18. The first-order chi connectivity index (χ1) is 9.49. The van der Waals surface area contributed by atoms with Gasteiger partial charge >= 0.3 is 0 Å². The summed E-state index contributed by atoms with van der Waals surface area (Å²) in [4.78, 5) is 27.1. The number of hydrogen-bond acceptors (Lipinski definition) is 3. The van der Waals surface area contributed by atoms with Gasteiger partial charge in [-0.15, -0.1) is 0 Å². The van der Waals surface area contributed by atoms with E-state index in [1.807, 2.05) is 0 Å². The van der Waals surface area contributed by atoms with Gasteiger partial charge in [0.25, 0.3) is 5.91 Å². The molecule has 1 aromatic carbocycles. The third-order valence-corrected chi connectivity index (χ3v) is 3.47. The fraction of sp³-hybridized carbons (Fsp3) is 0.429. The van der Waals surface area contributed by atoms with Gasteiger partial charge in [-0.25, -0.2) is 4.39 Å². The van der Waals surface area contributed by atoms with Crippen LogP contribution >= 0.6 is 0 Å². The molecule has 0 atom stereocenters. The molecule has 1 saturated heterocycles. The zero-order chi connectivity index (χ0) is 14.7. The fourth-order valence-corrected chi connectivity index (χ4v) is 2.32. The van der Waals surface area contributed by atoms with Crippen LogP contribution in [-0.2, 0) is 4.79 Å². The lowest BCUT2D eigenvalue weighted by molar-refractivity contribution is -0.128. The van der Waals surface area contributed by atoms with E-state index in [1.165, 1.54) is 19.1 Å². The molecule has 0 saturated carbocycles. The van der Waals surface area contributed by atoms with Gasteiger partial charge in [-0.3, -0.25) is 9.59 Å². The van der Waals surface area contributed by atoms with E-state index in [0.717, 1.165) is 6.07 Å². The van der Waals surface area contributed by atoms with Crippen molar-refractivity contribution in [2.24, 2.45) is 0 Å². The van der Waals surface area contributed by atoms with Crippen LogP contribution in [0.5, 0.6) is 0 Å². The van der Waals surface area contributed by atoms with E-state index in [0.29, 0.717) is 32.6 Å². The van der Waals surface area contributed by atoms with Crippen LogP contribution in [0.2, 0.25) is 0 Å². The first kappa shape index (κ1) is 14.3. The molecule has 0 spiro atoms. The Morgan fingerprint density at radius 2 is 1.80 bits per heavy atom. The Hall–Kier alpha value is -2.11. The number of amides is 2. The molecule has 1 aliphatic rings. The Balaban J connectivity index is 2.13. The second-order valence-electron chi connectivity index (χ2n) is 4.88. The summed E-state index contributed by atoms with van der Waals surface area (Å²) in [5, 5.41) is 0. The summed E-state index contributed by atoms with van der Waals surface area (Å²) in [7, 11) is 0. The van der Waals surface area contributed by atoms with Gasteiger partial charge in [0, 0.05) is 38.8 Å². The lowest BCUT2D eigenvalue weighted by Gasteiger charge is -2.22. The molecule has 1 aromatic rings. The van der Waals surface area contributed by atoms with Crippen molar-refractivity contribution >= 4 is 17.5 Å². The van der Waals surface area contributed by atoms with E-state index in [9.17, 15) is 14.0 Å². The van der Waals surface area contributed by atoms with Gasteiger partial charge in [0.2, 0.25) is 5.91 Å². The molecule has 0 aliphatic carbocycles. The summed E-state index contributed by atoms with van der Waals surface area (Å²) >= 11 is 0. The van der Waals surface area contributed by atoms with Crippen molar-refractivity contribution in [1.29, 1.82) is 0 Å². The third kappa shape index (κ3) is 3.07. The quantitative estimate of drug-likeness (QED) is 0.783. The average molecular weight is 279 g/mol. The van der Waals surface area contributed by atoms with E-state index in [4.69, 9.17) is 5.73 Å². The Kier molecular flexibility index (Phi) is 4.22. The summed E-state index contributed by atoms with van der Waals surface area (Å²) in [6.07, 6.45) is 0.709. The van der Waals surface area contributed by atoms with Gasteiger partial charge in [-0.05, 0) is 24.6 Å². The minimum Gasteiger partial charge on any atom is -0.398 e. The van der Waals surface area contributed by atoms with Crippen molar-refractivity contribution in [3.05, 3.63) is 29.6 Å². The SMILES string of the molecule is CC(=O)N1CCCN(C(=O)c2cc(F)ccc2N)CC1. The van der Waals surface area contributed by atoms with Crippen molar-refractivity contribution < 1.29 is 14.0 Å². The molecule has 0 unspecified atom stereocenters. The van der Waals surface area contributed by atoms with Crippen LogP contribution in [0.15, 0.2) is 18.2 Å². The largest absolute Gasteiger partial charge is 0.398 e. The minimum absolute atomic E-state index is 0.00423. The van der Waals surface area contributed by atoms with Crippen molar-refractivity contribution in [3.8, 4) is 0 Å². The molecular formula is C14H18FN3O2. The Morgan fingerprint density at radius 3 is 2.50 bits per heavy atom. The molecule has 108 valence electrons. The zero-order valence-electron chi connectivity index (χ0n) is 11.4. The van der Waals surface area contributed by atoms with Crippen LogP contribution in [0.3, 0.4) is 0 Å². The van der Waals surface area contributed by atoms with Gasteiger partial charge in [-0.2, -0.15) is 0 Å². The standard InChI is InChI=1S/C14H18FN3O2/c1-10(19)17-5-2-6-18(8-7-17)14(20)12-9-11(15)3-4-13(12)16/h3-4,9H,2,5-8,16H2,1H3. The maximum Gasteiger partial charge on any atom is 0.256 e. The molecule has 2 amide bonds. The van der Waals surface area contributed by atoms with E-state index in [-0.39, 0.29) is 23.1 Å². The maximum atomic E-state index is 13.2. The highest BCUT2D eigenvalue weighted by molar-refractivity contribution is 5.99. The van der Waals surface area contributed by atoms with Gasteiger partial charge in [0.1, 0.15) is 5.82 Å². The molecule has 1 heterocycles. The first-order valence-corrected chi connectivity index (χ1v) is 6.59. The predicted octanol–water partition coefficient (Wildman–Crippen LogP) is 1.10. The number of carbonyl (C=O) groups excluding carboxylic acids is 2. The van der Waals surface area contributed by atoms with Gasteiger partial charge < -0.3 is 15.5 Å². The number of nitrogens with two attached hydrogens (primary N) is 1. The first-order valence-electron chi connectivity index (χ1n) is 6.59. The Morgan fingerprint density at radius 1 is 1.15 bits per heavy atom. The molecule has 1 fully saturated rings. The highest BCUT2D eigenvalue weighted by Crippen LogP contribution is 2.17. The summed E-state index contributed by atoms with van der Waals surface area (Å²) in [6.45, 7) is 3.63. The summed E-state index contributed by atoms with van der Waals surface area (Å²) in [5.74, 6) is -0.764. The maximum absolute atomic E-state index is 13.2. The molecule has 2 rings (SSSR count). The highest BCUT2D eigenvalue weighted by Gasteiger charge is 2.22. The van der Waals surface area contributed by atoms with Crippen LogP contribution in [0.1, 0.15) is 23.7 Å². The van der Waals surface area contributed by atoms with Gasteiger partial charge in [0.05, 0.1) is 5.56 Å². The molecule has 0 radical (unpaired) electrons. The Bertz CT molecular complexity index is 533. The number of carbonyl (C=O) groups is 2. The minimum atomic E-state index is -0.484. The van der Waals surface area contributed by atoms with Crippen molar-refractivity contribution in [3.63, 3.8) is 0 Å². The van der Waals surface area contributed by atoms with E-state index in [1.54, 1.807) is 9.80 Å². The number of rotatable bonds is 1. The second kappa shape index (κ2) is 5.90. The zero-order valence-corrected chi connectivity index (χ0v) is 11.4. The van der Waals surface area contributed by atoms with Crippen molar-refractivity contribution in [2.75, 3.05) is 31.9 Å². The molecule has 20 heavy (non-hydrogen) atoms. The van der Waals surface area contributed by atoms with Crippen LogP contribution in [0, 0.1) is 5.82 Å². The van der Waals surface area contributed by atoms with Gasteiger partial charge in [-0.1, -0.05) is 0 Å². The number of benzene rings is 1. The van der Waals surface area contributed by atoms with E-state index >= 15 is 0 Å². The lowest BCUT2D eigenvalue weighted by Crippen LogP contribution is -2.36. The van der Waals surface area contributed by atoms with Crippen LogP contribution in [-0.4, -0.2) is 47.8 Å². The van der Waals surface area contributed by atoms with Crippen LogP contribution in [0.25, 0.3) is 0 Å². The summed E-state index contributed by atoms with van der Waals surface area (Å²) < 4.78 is 13.2. The molecule has 0 bridgehead atoms. The topological polar surface area (TPSA) is 66.6 Å². The highest BCUT2D eigenvalue weighted by atomic mass is 19.1. The monoisotopic (exact) mass is 279 g/mol. The van der Waals surface area contributed by atoms with Crippen LogP contribution in [0.4, 0.5) is 10.1 Å². The molecule has 5 nitrogen and oxygen atoms in total. The molecular weight excluding hydrogens is 261 g/mol. The normalized spacial score (nSPS) is 15.9. The molecule has 1 aliphatic heterocycles. The van der Waals surface area contributed by atoms with E-state index in [2.05, 4.69) is 0 Å². The number of nitrogen functional groups attached to an aromatic ring is 1. The number of nitrogens with zero attached hydrogens (tertiary/aromatic N) is 2. The number of anilines is 1. The number of halogens is 1. The molecule has 0 aromatic heterocycles. The molecule has 6 heteroatoms.